The summed E-state index contributed by atoms with van der Waals surface area (Å²) in [5, 5.41) is 0. The lowest BCUT2D eigenvalue weighted by Gasteiger charge is -2.34. The van der Waals surface area contributed by atoms with Crippen LogP contribution in [-0.4, -0.2) is 25.2 Å². The Hall–Kier alpha value is -5.68. The highest BCUT2D eigenvalue weighted by Gasteiger charge is 2.44. The molecule has 52 heavy (non-hydrogen) atoms. The van der Waals surface area contributed by atoms with Crippen molar-refractivity contribution in [2.45, 2.75) is 58.3 Å². The summed E-state index contributed by atoms with van der Waals surface area (Å²) in [5.41, 5.74) is 13.9. The van der Waals surface area contributed by atoms with Crippen molar-refractivity contribution in [1.82, 2.24) is 0 Å². The first-order chi connectivity index (χ1) is 24.9. The van der Waals surface area contributed by atoms with Crippen LogP contribution in [-0.2, 0) is 29.9 Å². The summed E-state index contributed by atoms with van der Waals surface area (Å²) in [6.45, 7) is 17.9. The Morgan fingerprint density at radius 3 is 1.63 bits per heavy atom. The zero-order valence-corrected chi connectivity index (χ0v) is 30.7. The van der Waals surface area contributed by atoms with Crippen molar-refractivity contribution in [2.24, 2.45) is 0 Å². The number of hydrogen-bond acceptors (Lipinski definition) is 5. The molecule has 0 unspecified atom stereocenters. The molecule has 5 aromatic rings. The Balaban J connectivity index is 1.38. The van der Waals surface area contributed by atoms with E-state index in [1.807, 2.05) is 6.07 Å². The number of fused-ring (bicyclic) bond motifs is 6. The van der Waals surface area contributed by atoms with Crippen molar-refractivity contribution in [3.05, 3.63) is 161 Å². The maximum absolute atomic E-state index is 12.6. The van der Waals surface area contributed by atoms with Gasteiger partial charge in [-0.1, -0.05) is 99.8 Å². The molecular formula is C47H45NO4. The van der Waals surface area contributed by atoms with Gasteiger partial charge in [-0.25, -0.2) is 9.59 Å². The van der Waals surface area contributed by atoms with E-state index < -0.39 is 17.4 Å². The average Bonchev–Trinajstić information content (AvgIpc) is 3.53. The average molecular weight is 688 g/mol. The molecule has 0 amide bonds. The number of rotatable bonds is 11. The number of benzene rings is 5. The third kappa shape index (κ3) is 5.94. The van der Waals surface area contributed by atoms with E-state index in [1.54, 1.807) is 13.8 Å². The van der Waals surface area contributed by atoms with E-state index in [0.29, 0.717) is 24.0 Å². The van der Waals surface area contributed by atoms with E-state index in [2.05, 4.69) is 142 Å². The van der Waals surface area contributed by atoms with Gasteiger partial charge in [0.25, 0.3) is 0 Å². The van der Waals surface area contributed by atoms with Crippen molar-refractivity contribution >= 4 is 29.0 Å². The lowest BCUT2D eigenvalue weighted by molar-refractivity contribution is -0.139. The molecule has 0 saturated heterocycles. The second-order valence-corrected chi connectivity index (χ2v) is 14.8. The fourth-order valence-corrected chi connectivity index (χ4v) is 8.17. The molecule has 0 atom stereocenters. The van der Waals surface area contributed by atoms with Gasteiger partial charge in [-0.2, -0.15) is 0 Å². The first-order valence-corrected chi connectivity index (χ1v) is 17.9. The molecule has 0 saturated carbocycles. The normalized spacial score (nSPS) is 14.0. The number of aryl methyl sites for hydroxylation is 1. The second kappa shape index (κ2) is 13.5. The lowest BCUT2D eigenvalue weighted by atomic mass is 9.73. The summed E-state index contributed by atoms with van der Waals surface area (Å²) >= 11 is 0. The summed E-state index contributed by atoms with van der Waals surface area (Å²) in [5.74, 6) is -0.840. The quantitative estimate of drug-likeness (QED) is 0.102. The van der Waals surface area contributed by atoms with Crippen molar-refractivity contribution < 1.29 is 19.1 Å². The van der Waals surface area contributed by atoms with Gasteiger partial charge in [-0.05, 0) is 120 Å². The SMILES string of the molecule is C=C(C)C(=O)OCCC1(CCOC(=O)C(=C)C)c2ccccc2-c2ccc(N(c3cccc(C)c3)c3ccc4c(c3)C(C)(C)c3ccccc3-4)cc21. The summed E-state index contributed by atoms with van der Waals surface area (Å²) in [4.78, 5) is 27.5. The van der Waals surface area contributed by atoms with E-state index in [-0.39, 0.29) is 18.6 Å². The Morgan fingerprint density at radius 2 is 1.06 bits per heavy atom. The van der Waals surface area contributed by atoms with Crippen molar-refractivity contribution in [2.75, 3.05) is 18.1 Å². The number of anilines is 3. The predicted molar refractivity (Wildman–Crippen MR) is 210 cm³/mol. The molecule has 0 heterocycles. The van der Waals surface area contributed by atoms with Crippen LogP contribution in [0.4, 0.5) is 17.1 Å². The number of nitrogens with zero attached hydrogens (tertiary/aromatic N) is 1. The van der Waals surface area contributed by atoms with E-state index in [4.69, 9.17) is 9.47 Å². The molecule has 2 aliphatic carbocycles. The summed E-state index contributed by atoms with van der Waals surface area (Å²) in [6, 6.07) is 39.2. The summed E-state index contributed by atoms with van der Waals surface area (Å²) in [7, 11) is 0. The van der Waals surface area contributed by atoms with Crippen LogP contribution in [0.25, 0.3) is 22.3 Å². The largest absolute Gasteiger partial charge is 0.462 e. The fourth-order valence-electron chi connectivity index (χ4n) is 8.17. The van der Waals surface area contributed by atoms with Crippen LogP contribution in [0.1, 0.15) is 68.4 Å². The summed E-state index contributed by atoms with van der Waals surface area (Å²) < 4.78 is 11.5. The van der Waals surface area contributed by atoms with Gasteiger partial charge in [0.2, 0.25) is 0 Å². The van der Waals surface area contributed by atoms with Crippen LogP contribution in [0.3, 0.4) is 0 Å². The standard InChI is InChI=1S/C47H45NO4/c1-30(2)44(49)51-25-23-47(24-26-52-45(50)31(3)4)41-18-11-9-16-37(41)39-22-20-35(29-43(39)47)48(33-14-12-13-32(5)27-33)34-19-21-38-36-15-8-10-17-40(36)46(6,7)42(38)28-34/h8-22,27-29H,1,3,23-26H2,2,4-7H3. The van der Waals surface area contributed by atoms with Crippen molar-refractivity contribution in [3.8, 4) is 22.3 Å². The molecule has 5 aromatic carbocycles. The van der Waals surface area contributed by atoms with Crippen LogP contribution >= 0.6 is 0 Å². The highest BCUT2D eigenvalue weighted by Crippen LogP contribution is 2.55. The minimum absolute atomic E-state index is 0.155. The molecule has 0 fully saturated rings. The molecular weight excluding hydrogens is 643 g/mol. The molecule has 5 nitrogen and oxygen atoms in total. The van der Waals surface area contributed by atoms with Crippen LogP contribution in [0, 0.1) is 6.92 Å². The highest BCUT2D eigenvalue weighted by atomic mass is 16.5. The van der Waals surface area contributed by atoms with E-state index in [1.165, 1.54) is 22.3 Å². The number of ether oxygens (including phenoxy) is 2. The first-order valence-electron chi connectivity index (χ1n) is 17.9. The Bertz CT molecular complexity index is 2230. The van der Waals surface area contributed by atoms with Gasteiger partial charge in [-0.15, -0.1) is 0 Å². The maximum atomic E-state index is 12.6. The summed E-state index contributed by atoms with van der Waals surface area (Å²) in [6.07, 6.45) is 1.000. The Morgan fingerprint density at radius 1 is 0.577 bits per heavy atom. The van der Waals surface area contributed by atoms with E-state index in [0.717, 1.165) is 44.9 Å². The van der Waals surface area contributed by atoms with Crippen molar-refractivity contribution in [3.63, 3.8) is 0 Å². The second-order valence-electron chi connectivity index (χ2n) is 14.8. The molecule has 262 valence electrons. The van der Waals surface area contributed by atoms with Gasteiger partial charge >= 0.3 is 11.9 Å². The van der Waals surface area contributed by atoms with E-state index in [9.17, 15) is 9.59 Å². The molecule has 0 aliphatic heterocycles. The van der Waals surface area contributed by atoms with Gasteiger partial charge in [0.05, 0.1) is 13.2 Å². The van der Waals surface area contributed by atoms with Crippen LogP contribution in [0.5, 0.6) is 0 Å². The molecule has 0 N–H and O–H groups in total. The Labute approximate surface area is 307 Å². The number of carbonyl (C=O) groups is 2. The molecule has 0 radical (unpaired) electrons. The zero-order valence-electron chi connectivity index (χ0n) is 30.7. The molecule has 0 bridgehead atoms. The minimum Gasteiger partial charge on any atom is -0.462 e. The van der Waals surface area contributed by atoms with Gasteiger partial charge in [0, 0.05) is 39.0 Å². The number of esters is 2. The topological polar surface area (TPSA) is 55.8 Å². The number of carbonyl (C=O) groups excluding carboxylic acids is 2. The van der Waals surface area contributed by atoms with Gasteiger partial charge < -0.3 is 14.4 Å². The predicted octanol–water partition coefficient (Wildman–Crippen LogP) is 11.1. The fraction of sp³-hybridized carbons (Fsp3) is 0.234. The lowest BCUT2D eigenvalue weighted by Crippen LogP contribution is -2.30. The van der Waals surface area contributed by atoms with Crippen molar-refractivity contribution in [1.29, 1.82) is 0 Å². The smallest absolute Gasteiger partial charge is 0.333 e. The van der Waals surface area contributed by atoms with Crippen LogP contribution in [0.2, 0.25) is 0 Å². The highest BCUT2D eigenvalue weighted by molar-refractivity contribution is 5.89. The third-order valence-corrected chi connectivity index (χ3v) is 10.8. The number of hydrogen-bond donors (Lipinski definition) is 0. The van der Waals surface area contributed by atoms with E-state index >= 15 is 0 Å². The minimum atomic E-state index is -0.605. The molecule has 2 aliphatic rings. The van der Waals surface area contributed by atoms with Crippen LogP contribution < -0.4 is 4.90 Å². The van der Waals surface area contributed by atoms with Crippen LogP contribution in [0.15, 0.2) is 133 Å². The molecule has 7 rings (SSSR count). The molecule has 0 aromatic heterocycles. The zero-order chi connectivity index (χ0) is 36.8. The Kier molecular flexibility index (Phi) is 9.00. The van der Waals surface area contributed by atoms with Gasteiger partial charge in [0.1, 0.15) is 0 Å². The first kappa shape index (κ1) is 34.8. The third-order valence-electron chi connectivity index (χ3n) is 10.8. The monoisotopic (exact) mass is 687 g/mol. The van der Waals surface area contributed by atoms with Gasteiger partial charge in [0.15, 0.2) is 0 Å². The maximum Gasteiger partial charge on any atom is 0.333 e. The van der Waals surface area contributed by atoms with Gasteiger partial charge in [-0.3, -0.25) is 0 Å². The molecule has 0 spiro atoms. The molecule has 5 heteroatoms.